The first-order chi connectivity index (χ1) is 15.2. The molecule has 2 N–H and O–H groups in total. The van der Waals surface area contributed by atoms with Crippen molar-refractivity contribution in [3.05, 3.63) is 36.4 Å². The van der Waals surface area contributed by atoms with E-state index in [1.807, 2.05) is 7.05 Å². The van der Waals surface area contributed by atoms with Crippen LogP contribution in [0.1, 0.15) is 12.1 Å². The summed E-state index contributed by atoms with van der Waals surface area (Å²) in [5.41, 5.74) is 0.692. The van der Waals surface area contributed by atoms with Gasteiger partial charge in [0.05, 0.1) is 17.4 Å². The van der Waals surface area contributed by atoms with Gasteiger partial charge in [-0.15, -0.1) is 0 Å². The number of hydrogen-bond acceptors (Lipinski definition) is 8. The van der Waals surface area contributed by atoms with Gasteiger partial charge in [-0.1, -0.05) is 0 Å². The molecule has 1 spiro atoms. The summed E-state index contributed by atoms with van der Waals surface area (Å²) in [7, 11) is -1.76. The molecule has 0 unspecified atom stereocenters. The summed E-state index contributed by atoms with van der Waals surface area (Å²) in [6, 6.07) is 4.49. The van der Waals surface area contributed by atoms with Crippen LogP contribution in [-0.4, -0.2) is 87.5 Å². The number of fused-ring (bicyclic) bond motifs is 1. The van der Waals surface area contributed by atoms with E-state index in [0.29, 0.717) is 55.6 Å². The van der Waals surface area contributed by atoms with Crippen LogP contribution in [0.2, 0.25) is 0 Å². The van der Waals surface area contributed by atoms with E-state index < -0.39 is 16.6 Å². The lowest BCUT2D eigenvalue weighted by Crippen LogP contribution is -2.77. The topological polar surface area (TPSA) is 126 Å². The maximum atomic E-state index is 13.1. The molecule has 5 heterocycles. The number of imidazole rings is 1. The van der Waals surface area contributed by atoms with Crippen LogP contribution >= 0.6 is 0 Å². The molecule has 14 heteroatoms. The molecule has 2 fully saturated rings. The van der Waals surface area contributed by atoms with E-state index in [1.54, 1.807) is 6.07 Å². The molecule has 170 valence electrons. The highest BCUT2D eigenvalue weighted by atomic mass is 32.2. The highest BCUT2D eigenvalue weighted by Crippen LogP contribution is 2.34. The molecular weight excluding hydrogens is 444 g/mol. The van der Waals surface area contributed by atoms with Gasteiger partial charge >= 0.3 is 0 Å². The van der Waals surface area contributed by atoms with Crippen molar-refractivity contribution in [2.24, 2.45) is 5.14 Å². The van der Waals surface area contributed by atoms with Crippen molar-refractivity contribution < 1.29 is 17.2 Å². The minimum Gasteiger partial charge on any atom is -0.353 e. The lowest BCUT2D eigenvalue weighted by atomic mass is 9.87. The third-order valence-corrected chi connectivity index (χ3v) is 7.13. The summed E-state index contributed by atoms with van der Waals surface area (Å²) in [5, 5.41) is 9.24. The fraction of sp³-hybridized carbons (Fsp3) is 0.444. The number of halogens is 2. The van der Waals surface area contributed by atoms with Gasteiger partial charge in [0, 0.05) is 38.8 Å². The molecule has 2 aliphatic heterocycles. The zero-order valence-electron chi connectivity index (χ0n) is 17.1. The lowest BCUT2D eigenvalue weighted by molar-refractivity contribution is -0.00275. The first-order valence-electron chi connectivity index (χ1n) is 9.86. The van der Waals surface area contributed by atoms with Gasteiger partial charge in [-0.25, -0.2) is 33.4 Å². The fourth-order valence-electron chi connectivity index (χ4n) is 4.23. The summed E-state index contributed by atoms with van der Waals surface area (Å²) in [6.45, 7) is 2.58. The number of aromatic nitrogens is 5. The lowest BCUT2D eigenvalue weighted by Gasteiger charge is -2.58. The van der Waals surface area contributed by atoms with Crippen LogP contribution in [0.15, 0.2) is 30.7 Å². The minimum atomic E-state index is -3.72. The Bertz CT molecular complexity index is 1280. The fourth-order valence-corrected chi connectivity index (χ4v) is 5.07. The summed E-state index contributed by atoms with van der Waals surface area (Å²) in [5.74, 6) is 0.650. The van der Waals surface area contributed by atoms with Gasteiger partial charge < -0.3 is 4.90 Å². The SMILES string of the molecule is CN1CCN(c2cc(-c3cnc4ccc(C(F)F)nn34)ncn2)CC12CN(S(N)(=O)=O)C2. The van der Waals surface area contributed by atoms with E-state index >= 15 is 0 Å². The summed E-state index contributed by atoms with van der Waals surface area (Å²) in [6.07, 6.45) is 0.241. The van der Waals surface area contributed by atoms with Crippen molar-refractivity contribution in [2.75, 3.05) is 44.7 Å². The third-order valence-electron chi connectivity index (χ3n) is 6.15. The molecule has 0 aliphatic carbocycles. The third kappa shape index (κ3) is 3.48. The van der Waals surface area contributed by atoms with E-state index in [-0.39, 0.29) is 11.2 Å². The average molecular weight is 465 g/mol. The second-order valence-corrected chi connectivity index (χ2v) is 9.66. The van der Waals surface area contributed by atoms with Crippen LogP contribution in [0.4, 0.5) is 14.6 Å². The van der Waals surface area contributed by atoms with Gasteiger partial charge in [0.1, 0.15) is 23.5 Å². The molecule has 11 nitrogen and oxygen atoms in total. The highest BCUT2D eigenvalue weighted by Gasteiger charge is 2.52. The normalized spacial score (nSPS) is 19.7. The number of likely N-dealkylation sites (N-methyl/N-ethyl adjacent to an activating group) is 1. The Morgan fingerprint density at radius 3 is 2.62 bits per heavy atom. The van der Waals surface area contributed by atoms with Gasteiger partial charge in [-0.2, -0.15) is 17.8 Å². The van der Waals surface area contributed by atoms with Gasteiger partial charge in [-0.05, 0) is 19.2 Å². The van der Waals surface area contributed by atoms with Crippen molar-refractivity contribution >= 4 is 21.7 Å². The number of hydrogen-bond donors (Lipinski definition) is 1. The van der Waals surface area contributed by atoms with E-state index in [2.05, 4.69) is 29.9 Å². The van der Waals surface area contributed by atoms with E-state index in [4.69, 9.17) is 5.14 Å². The minimum absolute atomic E-state index is 0.310. The van der Waals surface area contributed by atoms with Gasteiger partial charge in [0.2, 0.25) is 0 Å². The second-order valence-electron chi connectivity index (χ2n) is 8.11. The smallest absolute Gasteiger partial charge is 0.282 e. The zero-order chi connectivity index (χ0) is 22.7. The maximum absolute atomic E-state index is 13.1. The van der Waals surface area contributed by atoms with Crippen LogP contribution in [0.3, 0.4) is 0 Å². The van der Waals surface area contributed by atoms with Crippen molar-refractivity contribution in [3.63, 3.8) is 0 Å². The van der Waals surface area contributed by atoms with Crippen molar-refractivity contribution in [1.82, 2.24) is 33.8 Å². The molecule has 0 amide bonds. The summed E-state index contributed by atoms with van der Waals surface area (Å²) >= 11 is 0. The number of anilines is 1. The molecule has 2 aliphatic rings. The van der Waals surface area contributed by atoms with E-state index in [1.165, 1.54) is 33.5 Å². The second kappa shape index (κ2) is 7.37. The Labute approximate surface area is 182 Å². The number of alkyl halides is 2. The molecule has 5 rings (SSSR count). The summed E-state index contributed by atoms with van der Waals surface area (Å²) < 4.78 is 52.1. The Morgan fingerprint density at radius 1 is 1.12 bits per heavy atom. The van der Waals surface area contributed by atoms with Crippen LogP contribution in [0.25, 0.3) is 17.0 Å². The maximum Gasteiger partial charge on any atom is 0.282 e. The van der Waals surface area contributed by atoms with Gasteiger partial charge in [0.15, 0.2) is 5.65 Å². The molecule has 32 heavy (non-hydrogen) atoms. The molecule has 3 aromatic heterocycles. The molecule has 0 aromatic carbocycles. The molecule has 0 radical (unpaired) electrons. The largest absolute Gasteiger partial charge is 0.353 e. The Hall–Kier alpha value is -2.81. The van der Waals surface area contributed by atoms with Crippen molar-refractivity contribution in [2.45, 2.75) is 12.0 Å². The summed E-state index contributed by atoms with van der Waals surface area (Å²) in [4.78, 5) is 17.1. The molecule has 0 atom stereocenters. The van der Waals surface area contributed by atoms with Crippen LogP contribution in [0, 0.1) is 0 Å². The monoisotopic (exact) mass is 465 g/mol. The van der Waals surface area contributed by atoms with E-state index in [0.717, 1.165) is 0 Å². The van der Waals surface area contributed by atoms with E-state index in [9.17, 15) is 17.2 Å². The molecule has 0 saturated carbocycles. The first-order valence-corrected chi connectivity index (χ1v) is 11.4. The zero-order valence-corrected chi connectivity index (χ0v) is 18.0. The predicted molar refractivity (Wildman–Crippen MR) is 111 cm³/mol. The Kier molecular flexibility index (Phi) is 4.85. The number of nitrogens with zero attached hydrogens (tertiary/aromatic N) is 8. The van der Waals surface area contributed by atoms with Gasteiger partial charge in [0.25, 0.3) is 16.6 Å². The average Bonchev–Trinajstić information content (AvgIpc) is 3.15. The Balaban J connectivity index is 1.44. The molecule has 0 bridgehead atoms. The standard InChI is InChI=1S/C18H21F2N9O2S/c1-26-4-5-27(8-18(26)9-28(10-18)32(21,30)31)16-6-13(23-11-24-16)14-7-22-15-3-2-12(17(19)20)25-29(14)15/h2-3,6-7,11,17H,4-5,8-10H2,1H3,(H2,21,30,31). The highest BCUT2D eigenvalue weighted by molar-refractivity contribution is 7.86. The van der Waals surface area contributed by atoms with Crippen molar-refractivity contribution in [1.29, 1.82) is 0 Å². The number of rotatable bonds is 4. The Morgan fingerprint density at radius 2 is 1.91 bits per heavy atom. The molecule has 2 saturated heterocycles. The van der Waals surface area contributed by atoms with Crippen LogP contribution in [0.5, 0.6) is 0 Å². The van der Waals surface area contributed by atoms with Crippen LogP contribution < -0.4 is 10.0 Å². The van der Waals surface area contributed by atoms with Crippen molar-refractivity contribution in [3.8, 4) is 11.4 Å². The predicted octanol–water partition coefficient (Wildman–Crippen LogP) is 0.134. The number of nitrogens with two attached hydrogens (primary N) is 1. The first kappa shape index (κ1) is 21.1. The molecular formula is C18H21F2N9O2S. The quantitative estimate of drug-likeness (QED) is 0.577. The van der Waals surface area contributed by atoms with Gasteiger partial charge in [-0.3, -0.25) is 4.90 Å². The number of piperazine rings is 1. The van der Waals surface area contributed by atoms with Crippen LogP contribution in [-0.2, 0) is 10.2 Å². The molecule has 3 aromatic rings.